The molecule has 20 rings (SSSR count). The molecule has 5 aromatic heterocycles. The van der Waals surface area contributed by atoms with Crippen LogP contribution in [0.5, 0.6) is 11.5 Å². The van der Waals surface area contributed by atoms with E-state index in [1.807, 2.05) is 136 Å². The minimum absolute atomic E-state index is 0.00554. The molecule has 35 heteroatoms. The van der Waals surface area contributed by atoms with Crippen LogP contribution in [0.15, 0.2) is 223 Å². The summed E-state index contributed by atoms with van der Waals surface area (Å²) in [6, 6.07) is 57.6. The number of hydrogen-bond acceptors (Lipinski definition) is 26. The van der Waals surface area contributed by atoms with Gasteiger partial charge in [-0.3, -0.25) is 53.5 Å². The third-order valence-electron chi connectivity index (χ3n) is 27.3. The first-order valence-corrected chi connectivity index (χ1v) is 50.1. The second-order valence-corrected chi connectivity index (χ2v) is 41.5. The molecule has 6 aromatic carbocycles. The summed E-state index contributed by atoms with van der Waals surface area (Å²) in [6.07, 6.45) is 15.4. The Kier molecular flexibility index (Phi) is 29.0. The average Bonchev–Trinajstić information content (AvgIpc) is 1.47. The van der Waals surface area contributed by atoms with Crippen LogP contribution in [0.25, 0.3) is 43.8 Å². The first-order chi connectivity index (χ1) is 66.9. The number of ether oxygens (including phenoxy) is 2. The number of nitrogens with two attached hydrogens (primary N) is 5. The zero-order valence-corrected chi connectivity index (χ0v) is 83.5. The molecule has 7 amide bonds. The van der Waals surface area contributed by atoms with Crippen molar-refractivity contribution in [1.82, 2.24) is 40.1 Å². The van der Waals surface area contributed by atoms with Crippen molar-refractivity contribution in [3.05, 3.63) is 268 Å². The van der Waals surface area contributed by atoms with Gasteiger partial charge in [-0.2, -0.15) is 10.5 Å². The smallest absolute Gasteiger partial charge is 0.315 e. The number of rotatable bonds is 17. The zero-order chi connectivity index (χ0) is 99.4. The van der Waals surface area contributed by atoms with E-state index in [-0.39, 0.29) is 83.7 Å². The lowest BCUT2D eigenvalue weighted by Crippen LogP contribution is -2.54. The minimum Gasteiger partial charge on any atom is -0.454 e. The molecule has 140 heavy (non-hydrogen) atoms. The van der Waals surface area contributed by atoms with Gasteiger partial charge in [-0.05, 0) is 272 Å². The van der Waals surface area contributed by atoms with E-state index in [2.05, 4.69) is 101 Å². The van der Waals surface area contributed by atoms with Crippen LogP contribution in [0.1, 0.15) is 170 Å². The van der Waals surface area contributed by atoms with Crippen LogP contribution in [0.4, 0.5) is 14.9 Å². The molecule has 7 atom stereocenters. The first kappa shape index (κ1) is 98.9. The Morgan fingerprint density at radius 3 is 1.81 bits per heavy atom. The number of carbonyl (C=O) groups excluding carboxylic acids is 6. The lowest BCUT2D eigenvalue weighted by Gasteiger charge is -2.40. The van der Waals surface area contributed by atoms with Crippen molar-refractivity contribution in [2.45, 2.75) is 158 Å². The molecular weight excluding hydrogens is 1870 g/mol. The number of likely N-dealkylation sites (N-methyl/N-ethyl adjacent to an activating group) is 2. The second kappa shape index (κ2) is 41.1. The maximum absolute atomic E-state index is 14.0. The number of carbonyl (C=O) groups is 6. The predicted molar refractivity (Wildman–Crippen MR) is 550 cm³/mol. The average molecular weight is 1980 g/mol. The van der Waals surface area contributed by atoms with Gasteiger partial charge in [0.2, 0.25) is 30.4 Å². The fraction of sp³-hybridized carbons (Fsp3) is 0.333. The Hall–Kier alpha value is -14.2. The maximum atomic E-state index is 14.0. The van der Waals surface area contributed by atoms with Gasteiger partial charge in [-0.25, -0.2) is 34.1 Å². The normalized spacial score (nSPS) is 22.6. The molecule has 2 aliphatic carbocycles. The summed E-state index contributed by atoms with van der Waals surface area (Å²) < 4.78 is 24.9. The summed E-state index contributed by atoms with van der Waals surface area (Å²) in [6.45, 7) is 12.4. The van der Waals surface area contributed by atoms with Gasteiger partial charge in [0.25, 0.3) is 5.91 Å². The third kappa shape index (κ3) is 21.1. The molecule has 2 saturated carbocycles. The largest absolute Gasteiger partial charge is 0.454 e. The SMILES string of the molecule is CN1C(=O)C(C)(c2cccc(-c3cc(Cl)ccc3CNC(=O)NC3CCCCC3)c2)N=C1N.CN1C(=O)C(c2ccc3c(c2)OCO3)[C@@](C)(c2cc(-c3cc(F)cc(C#N)c3)cs2)N=C1N.CN1C(=O)C[C@@](C)(c2cc(-c3cccc(N4CCCC4)c3)cs2)N=C1N.CN1C(=O)C[C@@](C)(c2cc(Cc3ccc(C#N)cc3)cs2)N=C1N.CN1C(=O)[C@@H](C2CC2)[C@@](C)(c2ccc(-c3cccnc3)s2)N=C1N. The molecule has 29 nitrogen and oxygen atoms in total. The number of nitriles is 2. The molecule has 0 bridgehead atoms. The molecular formula is C105H111ClFN21O8S4. The minimum atomic E-state index is -1.08. The summed E-state index contributed by atoms with van der Waals surface area (Å²) in [5.41, 5.74) is 39.5. The quantitative estimate of drug-likeness (QED) is 0.0445. The monoisotopic (exact) mass is 1980 g/mol. The number of nitrogens with one attached hydrogen (secondary N) is 2. The molecule has 3 fully saturated rings. The standard InChI is InChI=1S/C25H30ClN5O2.C24H19FN4O3S.C20H24N4OS.C18H20N4OS.C18H18N4OS/c1-25(22(32)31(2)23(27)30-25)18-8-6-7-16(13-18)21-14-19(26)12-11-17(21)15-28-24(33)29-20-9-4-3-5-10-20;1-24(20-9-16(11-33-20)15-5-13(10-26)6-17(25)7-15)21(22(30)29(2)23(27)28-24)14-3-4-18-19(8-14)32-12-31-18;1-20(12-18(25)23(2)19(21)22-20)17-11-15(13-26-17)14-6-5-7-16(10-14)24-8-3-4-9-24;1-18(14-8-7-13(24-14)12-4-3-9-20-10-12)15(11-5-6-11)16(23)22(2)17(19)21-18;1-18(9-16(23)22(2)17(20)21-18)15-8-14(11-24-15)7-12-3-5-13(10-19)6-4-12/h6-8,11-14,20H,3-5,9-10,15H2,1-2H3,(H2,27,30)(H2,28,29,33);3-9,11,21H,12H2,1-2H3,(H2,27,28);5-7,10-11,13H,3-4,8-9,12H2,1-2H3,(H2,21,22);3-4,7-11,15H,5-6H2,1-2H3,(H2,19,21);3-6,8,11H,7,9H2,1-2H3,(H2,20,21)/t;21?,24-;20-;15-,18-;18-/m.1010/s1. The number of aromatic nitrogens is 1. The van der Waals surface area contributed by atoms with E-state index < -0.39 is 39.4 Å². The van der Waals surface area contributed by atoms with Crippen molar-refractivity contribution in [1.29, 1.82) is 10.5 Å². The van der Waals surface area contributed by atoms with E-state index in [1.165, 1.54) is 89.6 Å². The van der Waals surface area contributed by atoms with Crippen LogP contribution in [0.2, 0.25) is 5.02 Å². The molecule has 11 aromatic rings. The van der Waals surface area contributed by atoms with Crippen LogP contribution >= 0.6 is 56.9 Å². The number of aliphatic imine (C=N–C) groups is 5. The molecule has 9 aliphatic rings. The van der Waals surface area contributed by atoms with Gasteiger partial charge in [0, 0.05) is 114 Å². The van der Waals surface area contributed by atoms with Gasteiger partial charge in [0.05, 0.1) is 47.9 Å². The Balaban J connectivity index is 0.000000127. The van der Waals surface area contributed by atoms with E-state index in [9.17, 15) is 38.4 Å². The number of halogens is 2. The summed E-state index contributed by atoms with van der Waals surface area (Å²) in [7, 11) is 8.24. The second-order valence-electron chi connectivity index (χ2n) is 37.3. The van der Waals surface area contributed by atoms with E-state index in [0.717, 1.165) is 127 Å². The van der Waals surface area contributed by atoms with Crippen LogP contribution in [-0.2, 0) is 64.6 Å². The number of anilines is 1. The molecule has 0 spiro atoms. The molecule has 7 aliphatic heterocycles. The van der Waals surface area contributed by atoms with Crippen molar-refractivity contribution in [3.63, 3.8) is 0 Å². The Bertz CT molecular complexity index is 6850. The zero-order valence-electron chi connectivity index (χ0n) is 79.5. The summed E-state index contributed by atoms with van der Waals surface area (Å²) >= 11 is 12.6. The van der Waals surface area contributed by atoms with Crippen LogP contribution in [0.3, 0.4) is 0 Å². The highest BCUT2D eigenvalue weighted by Crippen LogP contribution is 2.54. The van der Waals surface area contributed by atoms with Gasteiger partial charge in [-0.1, -0.05) is 91.5 Å². The number of urea groups is 1. The lowest BCUT2D eigenvalue weighted by molar-refractivity contribution is -0.135. The first-order valence-electron chi connectivity index (χ1n) is 46.2. The Labute approximate surface area is 834 Å². The number of fused-ring (bicyclic) bond motifs is 1. The highest BCUT2D eigenvalue weighted by molar-refractivity contribution is 7.15. The van der Waals surface area contributed by atoms with Gasteiger partial charge >= 0.3 is 6.03 Å². The fourth-order valence-corrected chi connectivity index (χ4v) is 23.2. The van der Waals surface area contributed by atoms with E-state index in [1.54, 1.807) is 101 Å². The van der Waals surface area contributed by atoms with Crippen molar-refractivity contribution in [3.8, 4) is 67.5 Å². The van der Waals surface area contributed by atoms with Gasteiger partial charge in [0.15, 0.2) is 46.8 Å². The maximum Gasteiger partial charge on any atom is 0.315 e. The molecule has 2 unspecified atom stereocenters. The van der Waals surface area contributed by atoms with E-state index in [4.69, 9.17) is 65.0 Å². The van der Waals surface area contributed by atoms with E-state index >= 15 is 0 Å². The highest BCUT2D eigenvalue weighted by atomic mass is 35.5. The number of nitrogens with zero attached hydrogens (tertiary/aromatic N) is 14. The number of guanidine groups is 5. The van der Waals surface area contributed by atoms with Crippen LogP contribution in [0, 0.1) is 40.3 Å². The number of hydrogen-bond donors (Lipinski definition) is 7. The molecule has 12 heterocycles. The third-order valence-corrected chi connectivity index (χ3v) is 32.4. The van der Waals surface area contributed by atoms with Crippen molar-refractivity contribution in [2.75, 3.05) is 60.0 Å². The molecule has 0 radical (unpaired) electrons. The van der Waals surface area contributed by atoms with Crippen molar-refractivity contribution >= 4 is 128 Å². The molecule has 722 valence electrons. The van der Waals surface area contributed by atoms with E-state index in [0.29, 0.717) is 58.9 Å². The fourth-order valence-electron chi connectivity index (χ4n) is 18.8. The lowest BCUT2D eigenvalue weighted by atomic mass is 9.77. The summed E-state index contributed by atoms with van der Waals surface area (Å²) in [5.74, 6) is 1.18. The summed E-state index contributed by atoms with van der Waals surface area (Å²) in [4.78, 5) is 118. The van der Waals surface area contributed by atoms with Gasteiger partial charge < -0.3 is 53.7 Å². The molecule has 12 N–H and O–H groups in total. The number of benzene rings is 6. The highest BCUT2D eigenvalue weighted by Gasteiger charge is 2.55. The van der Waals surface area contributed by atoms with Crippen molar-refractivity contribution in [2.24, 2.45) is 65.5 Å². The Morgan fingerprint density at radius 1 is 0.536 bits per heavy atom. The number of thiophene rings is 4. The summed E-state index contributed by atoms with van der Waals surface area (Å²) in [5, 5.41) is 30.8. The predicted octanol–water partition coefficient (Wildman–Crippen LogP) is 16.9. The van der Waals surface area contributed by atoms with Gasteiger partial charge in [-0.15, -0.1) is 45.3 Å². The number of amides is 7. The number of pyridine rings is 1. The topological polar surface area (TPSA) is 417 Å². The van der Waals surface area contributed by atoms with Crippen LogP contribution in [-0.4, -0.2) is 156 Å². The van der Waals surface area contributed by atoms with Crippen molar-refractivity contribution < 1.29 is 42.6 Å². The van der Waals surface area contributed by atoms with Gasteiger partial charge in [0.1, 0.15) is 28.0 Å². The molecule has 1 saturated heterocycles. The Morgan fingerprint density at radius 2 is 1.15 bits per heavy atom. The van der Waals surface area contributed by atoms with Crippen LogP contribution < -0.4 is 53.7 Å².